The maximum Gasteiger partial charge on any atom is 0.113 e. The SMILES string of the molecule is [B]c1ccc2c(c1)C(CC)(CC)c1cc(N(c3ccccc3)c3ccccc3)ccc1-2. The summed E-state index contributed by atoms with van der Waals surface area (Å²) >= 11 is 0. The van der Waals surface area contributed by atoms with Gasteiger partial charge in [0, 0.05) is 22.5 Å². The van der Waals surface area contributed by atoms with Gasteiger partial charge in [0.1, 0.15) is 7.85 Å². The van der Waals surface area contributed by atoms with Crippen molar-refractivity contribution in [3.63, 3.8) is 0 Å². The first-order valence-electron chi connectivity index (χ1n) is 11.1. The molecule has 4 aromatic rings. The van der Waals surface area contributed by atoms with Gasteiger partial charge in [-0.25, -0.2) is 0 Å². The zero-order valence-electron chi connectivity index (χ0n) is 18.2. The first-order chi connectivity index (χ1) is 15.2. The maximum atomic E-state index is 6.22. The molecule has 5 rings (SSSR count). The van der Waals surface area contributed by atoms with Crippen molar-refractivity contribution in [2.45, 2.75) is 32.1 Å². The van der Waals surface area contributed by atoms with Crippen molar-refractivity contribution in [1.82, 2.24) is 0 Å². The molecule has 0 saturated carbocycles. The highest BCUT2D eigenvalue weighted by molar-refractivity contribution is 6.32. The fourth-order valence-electron chi connectivity index (χ4n) is 5.25. The van der Waals surface area contributed by atoms with Crippen LogP contribution in [-0.2, 0) is 5.41 Å². The second-order valence-electron chi connectivity index (χ2n) is 8.33. The average Bonchev–Trinajstić information content (AvgIpc) is 3.09. The van der Waals surface area contributed by atoms with E-state index >= 15 is 0 Å². The van der Waals surface area contributed by atoms with Crippen molar-refractivity contribution in [1.29, 1.82) is 0 Å². The van der Waals surface area contributed by atoms with Crippen molar-refractivity contribution in [3.05, 3.63) is 108 Å². The van der Waals surface area contributed by atoms with Gasteiger partial charge in [-0.05, 0) is 71.5 Å². The number of nitrogens with zero attached hydrogens (tertiary/aromatic N) is 1. The molecule has 0 unspecified atom stereocenters. The number of hydrogen-bond acceptors (Lipinski definition) is 1. The largest absolute Gasteiger partial charge is 0.310 e. The Hall–Kier alpha value is -3.26. The van der Waals surface area contributed by atoms with E-state index in [1.54, 1.807) is 0 Å². The van der Waals surface area contributed by atoms with E-state index < -0.39 is 0 Å². The molecule has 0 amide bonds. The van der Waals surface area contributed by atoms with Gasteiger partial charge in [-0.1, -0.05) is 80.0 Å². The summed E-state index contributed by atoms with van der Waals surface area (Å²) in [6.45, 7) is 4.59. The lowest BCUT2D eigenvalue weighted by molar-refractivity contribution is 0.491. The Balaban J connectivity index is 1.73. The van der Waals surface area contributed by atoms with Crippen LogP contribution in [0.2, 0.25) is 0 Å². The Kier molecular flexibility index (Phi) is 4.94. The molecule has 1 aliphatic carbocycles. The fourth-order valence-corrected chi connectivity index (χ4v) is 5.25. The first kappa shape index (κ1) is 19.7. The highest BCUT2D eigenvalue weighted by atomic mass is 15.1. The molecule has 0 spiro atoms. The highest BCUT2D eigenvalue weighted by Crippen LogP contribution is 2.53. The molecule has 0 saturated heterocycles. The predicted octanol–water partition coefficient (Wildman–Crippen LogP) is 7.04. The molecule has 0 fully saturated rings. The fraction of sp³-hybridized carbons (Fsp3) is 0.172. The lowest BCUT2D eigenvalue weighted by Gasteiger charge is -2.32. The van der Waals surface area contributed by atoms with Crippen molar-refractivity contribution in [3.8, 4) is 11.1 Å². The van der Waals surface area contributed by atoms with Gasteiger partial charge >= 0.3 is 0 Å². The zero-order chi connectivity index (χ0) is 21.4. The first-order valence-corrected chi connectivity index (χ1v) is 11.1. The second-order valence-corrected chi connectivity index (χ2v) is 8.33. The third-order valence-corrected chi connectivity index (χ3v) is 6.86. The van der Waals surface area contributed by atoms with Crippen LogP contribution < -0.4 is 10.4 Å². The molecular weight excluding hydrogens is 373 g/mol. The molecule has 150 valence electrons. The summed E-state index contributed by atoms with van der Waals surface area (Å²) < 4.78 is 0. The van der Waals surface area contributed by atoms with E-state index in [1.807, 2.05) is 6.07 Å². The van der Waals surface area contributed by atoms with E-state index in [1.165, 1.54) is 27.9 Å². The number of rotatable bonds is 5. The summed E-state index contributed by atoms with van der Waals surface area (Å²) in [5.74, 6) is 0. The zero-order valence-corrected chi connectivity index (χ0v) is 18.2. The minimum absolute atomic E-state index is 0.00486. The lowest BCUT2D eigenvalue weighted by atomic mass is 9.72. The second kappa shape index (κ2) is 7.78. The Labute approximate surface area is 186 Å². The van der Waals surface area contributed by atoms with Crippen LogP contribution in [0.25, 0.3) is 11.1 Å². The Bertz CT molecular complexity index is 1170. The van der Waals surface area contributed by atoms with E-state index in [2.05, 4.69) is 110 Å². The molecular formula is C29H26BN. The number of anilines is 3. The molecule has 0 aromatic heterocycles. The van der Waals surface area contributed by atoms with Crippen LogP contribution in [0.5, 0.6) is 0 Å². The number of benzene rings is 4. The van der Waals surface area contributed by atoms with Crippen LogP contribution in [-0.4, -0.2) is 7.85 Å². The van der Waals surface area contributed by atoms with Gasteiger partial charge in [-0.3, -0.25) is 0 Å². The molecule has 31 heavy (non-hydrogen) atoms. The van der Waals surface area contributed by atoms with Gasteiger partial charge in [0.05, 0.1) is 0 Å². The van der Waals surface area contributed by atoms with Gasteiger partial charge < -0.3 is 4.90 Å². The molecule has 1 aliphatic rings. The van der Waals surface area contributed by atoms with Gasteiger partial charge in [-0.2, -0.15) is 0 Å². The third-order valence-electron chi connectivity index (χ3n) is 6.86. The van der Waals surface area contributed by atoms with Crippen LogP contribution >= 0.6 is 0 Å². The van der Waals surface area contributed by atoms with Gasteiger partial charge in [0.2, 0.25) is 0 Å². The molecule has 0 heterocycles. The summed E-state index contributed by atoms with van der Waals surface area (Å²) in [6, 6.07) is 34.6. The molecule has 0 bridgehead atoms. The van der Waals surface area contributed by atoms with E-state index in [-0.39, 0.29) is 5.41 Å². The van der Waals surface area contributed by atoms with Crippen molar-refractivity contribution in [2.24, 2.45) is 0 Å². The monoisotopic (exact) mass is 399 g/mol. The quantitative estimate of drug-likeness (QED) is 0.326. The van der Waals surface area contributed by atoms with Crippen LogP contribution in [0.1, 0.15) is 37.8 Å². The molecule has 2 heteroatoms. The van der Waals surface area contributed by atoms with Crippen LogP contribution in [0.3, 0.4) is 0 Å². The Morgan fingerprint density at radius 2 is 1.13 bits per heavy atom. The minimum Gasteiger partial charge on any atom is -0.310 e. The summed E-state index contributed by atoms with van der Waals surface area (Å²) in [6.07, 6.45) is 2.10. The van der Waals surface area contributed by atoms with Gasteiger partial charge in [-0.15, -0.1) is 0 Å². The Morgan fingerprint density at radius 3 is 1.68 bits per heavy atom. The molecule has 0 aliphatic heterocycles. The summed E-state index contributed by atoms with van der Waals surface area (Å²) in [4.78, 5) is 2.34. The van der Waals surface area contributed by atoms with Crippen LogP contribution in [0, 0.1) is 0 Å². The van der Waals surface area contributed by atoms with Gasteiger partial charge in [0.15, 0.2) is 0 Å². The third kappa shape index (κ3) is 3.09. The number of para-hydroxylation sites is 2. The summed E-state index contributed by atoms with van der Waals surface area (Å²) in [5, 5.41) is 0. The van der Waals surface area contributed by atoms with Crippen molar-refractivity contribution >= 4 is 30.4 Å². The van der Waals surface area contributed by atoms with Gasteiger partial charge in [0.25, 0.3) is 0 Å². The standard InChI is InChI=1S/C29H26BN/c1-3-29(4-2)27-19-21(30)15-17-25(27)26-18-16-24(20-28(26)29)31(22-11-7-5-8-12-22)23-13-9-6-10-14-23/h5-20H,3-4H2,1-2H3. The topological polar surface area (TPSA) is 3.24 Å². The van der Waals surface area contributed by atoms with Crippen LogP contribution in [0.4, 0.5) is 17.1 Å². The predicted molar refractivity (Wildman–Crippen MR) is 133 cm³/mol. The molecule has 0 atom stereocenters. The van der Waals surface area contributed by atoms with E-state index in [0.29, 0.717) is 0 Å². The summed E-state index contributed by atoms with van der Waals surface area (Å²) in [7, 11) is 6.22. The molecule has 1 nitrogen and oxygen atoms in total. The Morgan fingerprint density at radius 1 is 0.613 bits per heavy atom. The maximum absolute atomic E-state index is 6.22. The van der Waals surface area contributed by atoms with Crippen LogP contribution in [0.15, 0.2) is 97.1 Å². The highest BCUT2D eigenvalue weighted by Gasteiger charge is 2.40. The molecule has 4 aromatic carbocycles. The van der Waals surface area contributed by atoms with Crippen molar-refractivity contribution < 1.29 is 0 Å². The number of fused-ring (bicyclic) bond motifs is 3. The average molecular weight is 399 g/mol. The summed E-state index contributed by atoms with van der Waals surface area (Å²) in [5.41, 5.74) is 9.78. The van der Waals surface area contributed by atoms with E-state index in [4.69, 9.17) is 7.85 Å². The number of hydrogen-bond donors (Lipinski definition) is 0. The van der Waals surface area contributed by atoms with E-state index in [9.17, 15) is 0 Å². The minimum atomic E-state index is -0.00486. The van der Waals surface area contributed by atoms with E-state index in [0.717, 1.165) is 29.7 Å². The van der Waals surface area contributed by atoms with Crippen molar-refractivity contribution in [2.75, 3.05) is 4.90 Å². The molecule has 2 radical (unpaired) electrons. The normalized spacial score (nSPS) is 13.5. The lowest BCUT2D eigenvalue weighted by Crippen LogP contribution is -2.24. The smallest absolute Gasteiger partial charge is 0.113 e. The molecule has 0 N–H and O–H groups in total.